The molecule has 0 aromatic heterocycles. The molecule has 150 valence electrons. The number of halogens is 1. The fraction of sp³-hybridized carbons (Fsp3) is 0.364. The number of carbonyl (C=O) groups excluding carboxylic acids is 2. The third-order valence-electron chi connectivity index (χ3n) is 4.07. The van der Waals surface area contributed by atoms with Crippen LogP contribution in [0.2, 0.25) is 5.02 Å². The minimum atomic E-state index is -0.612. The number of carbonyl (C=O) groups is 2. The van der Waals surface area contributed by atoms with E-state index in [2.05, 4.69) is 5.32 Å². The second-order valence-corrected chi connectivity index (χ2v) is 9.09. The van der Waals surface area contributed by atoms with Gasteiger partial charge in [-0.15, -0.1) is 11.8 Å². The minimum absolute atomic E-state index is 0.106. The van der Waals surface area contributed by atoms with Gasteiger partial charge in [-0.2, -0.15) is 0 Å². The Balaban J connectivity index is 2.18. The molecule has 0 heterocycles. The van der Waals surface area contributed by atoms with Gasteiger partial charge < -0.3 is 10.2 Å². The van der Waals surface area contributed by atoms with Gasteiger partial charge in [0, 0.05) is 22.0 Å². The average Bonchev–Trinajstić information content (AvgIpc) is 2.64. The van der Waals surface area contributed by atoms with Gasteiger partial charge in [-0.3, -0.25) is 9.59 Å². The van der Waals surface area contributed by atoms with Crippen LogP contribution in [0, 0.1) is 0 Å². The maximum atomic E-state index is 13.0. The predicted octanol–water partition coefficient (Wildman–Crippen LogP) is 4.76. The van der Waals surface area contributed by atoms with Crippen molar-refractivity contribution in [3.05, 3.63) is 65.2 Å². The van der Waals surface area contributed by atoms with Crippen LogP contribution >= 0.6 is 23.4 Å². The lowest BCUT2D eigenvalue weighted by Crippen LogP contribution is -2.52. The van der Waals surface area contributed by atoms with Crippen molar-refractivity contribution < 1.29 is 9.59 Å². The Kier molecular flexibility index (Phi) is 7.96. The summed E-state index contributed by atoms with van der Waals surface area (Å²) in [6.45, 7) is 7.80. The molecule has 0 saturated carbocycles. The molecule has 2 rings (SSSR count). The first kappa shape index (κ1) is 22.3. The highest BCUT2D eigenvalue weighted by molar-refractivity contribution is 8.00. The monoisotopic (exact) mass is 418 g/mol. The zero-order chi connectivity index (χ0) is 20.7. The van der Waals surface area contributed by atoms with Crippen molar-refractivity contribution in [2.75, 3.05) is 5.75 Å². The van der Waals surface area contributed by atoms with Crippen molar-refractivity contribution in [1.82, 2.24) is 10.2 Å². The second-order valence-electron chi connectivity index (χ2n) is 7.63. The van der Waals surface area contributed by atoms with Crippen LogP contribution in [-0.2, 0) is 16.1 Å². The summed E-state index contributed by atoms with van der Waals surface area (Å²) in [4.78, 5) is 28.3. The van der Waals surface area contributed by atoms with Gasteiger partial charge in [0.25, 0.3) is 0 Å². The molecule has 0 aliphatic carbocycles. The number of nitrogens with one attached hydrogen (secondary N) is 1. The van der Waals surface area contributed by atoms with E-state index in [1.165, 1.54) is 11.8 Å². The van der Waals surface area contributed by atoms with Gasteiger partial charge >= 0.3 is 0 Å². The van der Waals surface area contributed by atoms with Gasteiger partial charge in [-0.25, -0.2) is 0 Å². The Morgan fingerprint density at radius 1 is 1.07 bits per heavy atom. The van der Waals surface area contributed by atoms with E-state index in [9.17, 15) is 9.59 Å². The van der Waals surface area contributed by atoms with Crippen LogP contribution in [0.15, 0.2) is 59.5 Å². The largest absolute Gasteiger partial charge is 0.350 e. The number of nitrogens with zero attached hydrogens (tertiary/aromatic N) is 1. The molecule has 2 amide bonds. The van der Waals surface area contributed by atoms with Gasteiger partial charge in [0.1, 0.15) is 6.04 Å². The Labute approximate surface area is 176 Å². The van der Waals surface area contributed by atoms with Crippen molar-refractivity contribution in [2.24, 2.45) is 0 Å². The molecule has 0 aliphatic heterocycles. The van der Waals surface area contributed by atoms with Crippen LogP contribution < -0.4 is 5.32 Å². The highest BCUT2D eigenvalue weighted by Gasteiger charge is 2.28. The van der Waals surface area contributed by atoms with E-state index < -0.39 is 6.04 Å². The molecule has 4 nitrogen and oxygen atoms in total. The molecule has 0 saturated heterocycles. The maximum Gasteiger partial charge on any atom is 0.242 e. The van der Waals surface area contributed by atoms with Crippen LogP contribution in [-0.4, -0.2) is 34.0 Å². The molecule has 0 fully saturated rings. The van der Waals surface area contributed by atoms with Crippen molar-refractivity contribution in [3.63, 3.8) is 0 Å². The Hall–Kier alpha value is -1.98. The Morgan fingerprint density at radius 2 is 1.68 bits per heavy atom. The molecule has 2 aromatic carbocycles. The number of hydrogen-bond acceptors (Lipinski definition) is 3. The molecular formula is C22H27ClN2O2S. The van der Waals surface area contributed by atoms with Gasteiger partial charge in [-0.1, -0.05) is 48.0 Å². The van der Waals surface area contributed by atoms with E-state index >= 15 is 0 Å². The lowest BCUT2D eigenvalue weighted by Gasteiger charge is -2.31. The standard InChI is InChI=1S/C22H27ClN2O2S/c1-16(21(27)24-22(2,3)4)25(14-17-10-8-9-13-19(17)23)20(26)15-28-18-11-6-5-7-12-18/h5-13,16H,14-15H2,1-4H3,(H,24,27). The summed E-state index contributed by atoms with van der Waals surface area (Å²) in [5.41, 5.74) is 0.445. The van der Waals surface area contributed by atoms with Gasteiger partial charge in [0.05, 0.1) is 5.75 Å². The van der Waals surface area contributed by atoms with Gasteiger partial charge in [0.2, 0.25) is 11.8 Å². The third-order valence-corrected chi connectivity index (χ3v) is 5.44. The molecule has 2 aromatic rings. The summed E-state index contributed by atoms with van der Waals surface area (Å²) in [5, 5.41) is 3.54. The molecule has 0 bridgehead atoms. The topological polar surface area (TPSA) is 49.4 Å². The van der Waals surface area contributed by atoms with Gasteiger partial charge in [0.15, 0.2) is 0 Å². The molecule has 28 heavy (non-hydrogen) atoms. The maximum absolute atomic E-state index is 13.0. The Bertz CT molecular complexity index is 806. The number of benzene rings is 2. The first-order valence-corrected chi connectivity index (χ1v) is 10.6. The smallest absolute Gasteiger partial charge is 0.242 e. The number of hydrogen-bond donors (Lipinski definition) is 1. The Morgan fingerprint density at radius 3 is 2.29 bits per heavy atom. The summed E-state index contributed by atoms with van der Waals surface area (Å²) < 4.78 is 0. The lowest BCUT2D eigenvalue weighted by atomic mass is 10.1. The SMILES string of the molecule is CC(C(=O)NC(C)(C)C)N(Cc1ccccc1Cl)C(=O)CSc1ccccc1. The molecule has 6 heteroatoms. The van der Waals surface area contributed by atoms with Gasteiger partial charge in [-0.05, 0) is 51.5 Å². The fourth-order valence-electron chi connectivity index (χ4n) is 2.61. The minimum Gasteiger partial charge on any atom is -0.350 e. The average molecular weight is 419 g/mol. The third kappa shape index (κ3) is 6.88. The fourth-order valence-corrected chi connectivity index (χ4v) is 3.61. The molecule has 1 N–H and O–H groups in total. The van der Waals surface area contributed by atoms with Crippen molar-refractivity contribution in [1.29, 1.82) is 0 Å². The summed E-state index contributed by atoms with van der Waals surface area (Å²) in [7, 11) is 0. The summed E-state index contributed by atoms with van der Waals surface area (Å²) in [6.07, 6.45) is 0. The molecule has 1 atom stereocenters. The van der Waals surface area contributed by atoms with Crippen molar-refractivity contribution in [2.45, 2.75) is 50.7 Å². The second kappa shape index (κ2) is 9.99. The van der Waals surface area contributed by atoms with Crippen LogP contribution in [0.5, 0.6) is 0 Å². The van der Waals surface area contributed by atoms with Crippen molar-refractivity contribution >= 4 is 35.2 Å². The summed E-state index contributed by atoms with van der Waals surface area (Å²) in [5.74, 6) is -0.0373. The molecule has 0 aliphatic rings. The highest BCUT2D eigenvalue weighted by Crippen LogP contribution is 2.22. The number of thioether (sulfide) groups is 1. The number of rotatable bonds is 7. The zero-order valence-electron chi connectivity index (χ0n) is 16.7. The lowest BCUT2D eigenvalue weighted by molar-refractivity contribution is -0.139. The quantitative estimate of drug-likeness (QED) is 0.659. The highest BCUT2D eigenvalue weighted by atomic mass is 35.5. The van der Waals surface area contributed by atoms with Crippen LogP contribution in [0.4, 0.5) is 0 Å². The molecule has 0 radical (unpaired) electrons. The summed E-state index contributed by atoms with van der Waals surface area (Å²) in [6, 6.07) is 16.5. The van der Waals surface area contributed by atoms with E-state index in [0.717, 1.165) is 10.5 Å². The number of amides is 2. The van der Waals surface area contributed by atoms with Crippen LogP contribution in [0.1, 0.15) is 33.3 Å². The predicted molar refractivity (Wildman–Crippen MR) is 117 cm³/mol. The first-order valence-electron chi connectivity index (χ1n) is 9.20. The molecular weight excluding hydrogens is 392 g/mol. The first-order chi connectivity index (χ1) is 13.2. The van der Waals surface area contributed by atoms with E-state index in [1.807, 2.05) is 69.3 Å². The zero-order valence-corrected chi connectivity index (χ0v) is 18.3. The van der Waals surface area contributed by atoms with E-state index in [0.29, 0.717) is 5.02 Å². The summed E-state index contributed by atoms with van der Waals surface area (Å²) >= 11 is 7.75. The molecule has 1 unspecified atom stereocenters. The van der Waals surface area contributed by atoms with Crippen LogP contribution in [0.3, 0.4) is 0 Å². The molecule has 0 spiro atoms. The van der Waals surface area contributed by atoms with Crippen LogP contribution in [0.25, 0.3) is 0 Å². The van der Waals surface area contributed by atoms with E-state index in [1.54, 1.807) is 17.9 Å². The normalized spacial score (nSPS) is 12.3. The van der Waals surface area contributed by atoms with E-state index in [4.69, 9.17) is 11.6 Å². The van der Waals surface area contributed by atoms with E-state index in [-0.39, 0.29) is 29.7 Å². The van der Waals surface area contributed by atoms with Crippen molar-refractivity contribution in [3.8, 4) is 0 Å².